The molecule has 0 radical (unpaired) electrons. The van der Waals surface area contributed by atoms with Crippen molar-refractivity contribution in [2.45, 2.75) is 32.9 Å². The highest BCUT2D eigenvalue weighted by atomic mass is 32.1. The van der Waals surface area contributed by atoms with Gasteiger partial charge in [0, 0.05) is 30.8 Å². The van der Waals surface area contributed by atoms with Crippen LogP contribution in [0.4, 0.5) is 0 Å². The van der Waals surface area contributed by atoms with E-state index in [0.717, 1.165) is 27.9 Å². The van der Waals surface area contributed by atoms with E-state index in [9.17, 15) is 0 Å². The average molecular weight is 378 g/mol. The molecular weight excluding hydrogens is 354 g/mol. The number of hydrogen-bond acceptors (Lipinski definition) is 3. The molecule has 0 spiro atoms. The molecule has 1 aliphatic rings. The van der Waals surface area contributed by atoms with Gasteiger partial charge in [0.2, 0.25) is 0 Å². The molecule has 4 rings (SSSR count). The monoisotopic (exact) mass is 377 g/mol. The third kappa shape index (κ3) is 2.90. The fourth-order valence-electron chi connectivity index (χ4n) is 3.97. The molecule has 0 aromatic carbocycles. The number of nitrogens with zero attached hydrogens (tertiary/aromatic N) is 4. The minimum absolute atomic E-state index is 0.0162. The summed E-state index contributed by atoms with van der Waals surface area (Å²) in [5.74, 6) is 0.976. The van der Waals surface area contributed by atoms with Gasteiger partial charge in [-0.2, -0.15) is 0 Å². The van der Waals surface area contributed by atoms with Gasteiger partial charge < -0.3 is 14.8 Å². The van der Waals surface area contributed by atoms with Crippen LogP contribution >= 0.6 is 12.2 Å². The second-order valence-electron chi connectivity index (χ2n) is 7.04. The topological polar surface area (TPSA) is 46.0 Å². The molecule has 5 nitrogen and oxygen atoms in total. The predicted octanol–water partition coefficient (Wildman–Crippen LogP) is 3.79. The number of pyridine rings is 2. The molecule has 2 unspecified atom stereocenters. The van der Waals surface area contributed by atoms with E-state index >= 15 is 0 Å². The third-order valence-corrected chi connectivity index (χ3v) is 5.73. The smallest absolute Gasteiger partial charge is 0.169 e. The zero-order valence-electron chi connectivity index (χ0n) is 16.0. The van der Waals surface area contributed by atoms with Crippen molar-refractivity contribution in [2.75, 3.05) is 7.05 Å². The molecular formula is C21H23N5S. The molecule has 6 heteroatoms. The van der Waals surface area contributed by atoms with Crippen LogP contribution in [0.25, 0.3) is 5.82 Å². The van der Waals surface area contributed by atoms with Crippen LogP contribution in [-0.2, 0) is 0 Å². The molecule has 0 bridgehead atoms. The quantitative estimate of drug-likeness (QED) is 0.704. The van der Waals surface area contributed by atoms with Crippen LogP contribution in [0.3, 0.4) is 0 Å². The van der Waals surface area contributed by atoms with E-state index in [1.54, 1.807) is 0 Å². The Morgan fingerprint density at radius 1 is 1.04 bits per heavy atom. The highest BCUT2D eigenvalue weighted by Gasteiger charge is 2.39. The van der Waals surface area contributed by atoms with E-state index in [0.29, 0.717) is 0 Å². The number of aromatic nitrogens is 3. The van der Waals surface area contributed by atoms with Crippen molar-refractivity contribution in [2.24, 2.45) is 0 Å². The number of thiocarbonyl (C=S) groups is 1. The number of hydrogen-bond donors (Lipinski definition) is 1. The Hall–Kier alpha value is -2.73. The number of nitrogens with one attached hydrogen (secondary N) is 1. The number of aryl methyl sites for hydroxylation is 2. The molecule has 27 heavy (non-hydrogen) atoms. The van der Waals surface area contributed by atoms with Gasteiger partial charge in [0.1, 0.15) is 5.82 Å². The fourth-order valence-corrected chi connectivity index (χ4v) is 4.21. The van der Waals surface area contributed by atoms with Gasteiger partial charge in [-0.05, 0) is 68.4 Å². The van der Waals surface area contributed by atoms with Crippen LogP contribution in [0.1, 0.15) is 40.3 Å². The van der Waals surface area contributed by atoms with E-state index in [2.05, 4.69) is 63.7 Å². The Morgan fingerprint density at radius 3 is 2.52 bits per heavy atom. The zero-order valence-corrected chi connectivity index (χ0v) is 16.8. The van der Waals surface area contributed by atoms with Crippen LogP contribution in [0.15, 0.2) is 48.8 Å². The largest absolute Gasteiger partial charge is 0.352 e. The van der Waals surface area contributed by atoms with Crippen LogP contribution in [0.2, 0.25) is 0 Å². The molecule has 1 aliphatic heterocycles. The summed E-state index contributed by atoms with van der Waals surface area (Å²) in [6.07, 6.45) is 3.67. The van der Waals surface area contributed by atoms with Gasteiger partial charge in [-0.1, -0.05) is 12.1 Å². The summed E-state index contributed by atoms with van der Waals surface area (Å²) in [5, 5.41) is 4.19. The maximum absolute atomic E-state index is 5.56. The minimum Gasteiger partial charge on any atom is -0.352 e. The first-order valence-electron chi connectivity index (χ1n) is 9.04. The third-order valence-electron chi connectivity index (χ3n) is 5.32. The molecule has 0 amide bonds. The van der Waals surface area contributed by atoms with Crippen molar-refractivity contribution in [1.82, 2.24) is 24.8 Å². The normalized spacial score (nSPS) is 19.4. The molecule has 0 saturated carbocycles. The van der Waals surface area contributed by atoms with Crippen molar-refractivity contribution in [1.29, 1.82) is 0 Å². The second kappa shape index (κ2) is 6.78. The minimum atomic E-state index is 0.0162. The van der Waals surface area contributed by atoms with Crippen LogP contribution in [0.5, 0.6) is 0 Å². The van der Waals surface area contributed by atoms with E-state index < -0.39 is 0 Å². The van der Waals surface area contributed by atoms with Crippen molar-refractivity contribution < 1.29 is 0 Å². The lowest BCUT2D eigenvalue weighted by Gasteiger charge is -2.24. The SMILES string of the molecule is Cc1cccnc1-n1c(C)cc(C2C(c3ccccn3)NC(=S)N2C)c1C. The van der Waals surface area contributed by atoms with Gasteiger partial charge in [0.25, 0.3) is 0 Å². The number of likely N-dealkylation sites (N-methyl/N-ethyl adjacent to an activating group) is 1. The van der Waals surface area contributed by atoms with Gasteiger partial charge in [-0.15, -0.1) is 0 Å². The van der Waals surface area contributed by atoms with Gasteiger partial charge in [-0.25, -0.2) is 4.98 Å². The van der Waals surface area contributed by atoms with Crippen LogP contribution < -0.4 is 5.32 Å². The van der Waals surface area contributed by atoms with Gasteiger partial charge in [-0.3, -0.25) is 4.98 Å². The Kier molecular flexibility index (Phi) is 4.44. The Labute approximate surface area is 165 Å². The Bertz CT molecular complexity index is 995. The maximum Gasteiger partial charge on any atom is 0.169 e. The zero-order chi connectivity index (χ0) is 19.1. The first-order chi connectivity index (χ1) is 13.0. The van der Waals surface area contributed by atoms with Crippen molar-refractivity contribution in [3.8, 4) is 5.82 Å². The maximum atomic E-state index is 5.56. The molecule has 3 aromatic heterocycles. The lowest BCUT2D eigenvalue weighted by Crippen LogP contribution is -2.25. The van der Waals surface area contributed by atoms with Gasteiger partial charge >= 0.3 is 0 Å². The highest BCUT2D eigenvalue weighted by molar-refractivity contribution is 7.80. The summed E-state index contributed by atoms with van der Waals surface area (Å²) in [7, 11) is 2.04. The van der Waals surface area contributed by atoms with Crippen molar-refractivity contribution in [3.63, 3.8) is 0 Å². The lowest BCUT2D eigenvalue weighted by molar-refractivity contribution is 0.367. The summed E-state index contributed by atoms with van der Waals surface area (Å²) in [6.45, 7) is 6.37. The molecule has 138 valence electrons. The second-order valence-corrected chi connectivity index (χ2v) is 7.43. The molecule has 0 aliphatic carbocycles. The summed E-state index contributed by atoms with van der Waals surface area (Å²) >= 11 is 5.56. The summed E-state index contributed by atoms with van der Waals surface area (Å²) in [4.78, 5) is 11.3. The molecule has 1 N–H and O–H groups in total. The van der Waals surface area contributed by atoms with Gasteiger partial charge in [0.05, 0.1) is 17.8 Å². The van der Waals surface area contributed by atoms with Crippen molar-refractivity contribution in [3.05, 3.63) is 77.0 Å². The standard InChI is InChI=1S/C21H23N5S/c1-13-8-7-11-23-20(13)26-14(2)12-16(15(26)3)19-18(24-21(27)25(19)4)17-9-5-6-10-22-17/h5-12,18-19H,1-4H3,(H,24,27). The highest BCUT2D eigenvalue weighted by Crippen LogP contribution is 2.40. The van der Waals surface area contributed by atoms with Crippen LogP contribution in [0, 0.1) is 20.8 Å². The van der Waals surface area contributed by atoms with Crippen molar-refractivity contribution >= 4 is 17.3 Å². The first kappa shape index (κ1) is 17.7. The lowest BCUT2D eigenvalue weighted by atomic mass is 9.97. The molecule has 1 fully saturated rings. The van der Waals surface area contributed by atoms with E-state index in [1.807, 2.05) is 37.6 Å². The van der Waals surface area contributed by atoms with E-state index in [1.165, 1.54) is 11.3 Å². The fraction of sp³-hybridized carbons (Fsp3) is 0.286. The Morgan fingerprint density at radius 2 is 1.81 bits per heavy atom. The predicted molar refractivity (Wildman–Crippen MR) is 111 cm³/mol. The van der Waals surface area contributed by atoms with Gasteiger partial charge in [0.15, 0.2) is 5.11 Å². The summed E-state index contributed by atoms with van der Waals surface area (Å²) in [5.41, 5.74) is 5.73. The van der Waals surface area contributed by atoms with Crippen LogP contribution in [-0.4, -0.2) is 31.6 Å². The molecule has 2 atom stereocenters. The first-order valence-corrected chi connectivity index (χ1v) is 9.45. The molecule has 4 heterocycles. The summed E-state index contributed by atoms with van der Waals surface area (Å²) < 4.78 is 2.23. The Balaban J connectivity index is 1.84. The average Bonchev–Trinajstić information content (AvgIpc) is 3.12. The molecule has 3 aromatic rings. The van der Waals surface area contributed by atoms with E-state index in [4.69, 9.17) is 12.2 Å². The summed E-state index contributed by atoms with van der Waals surface area (Å²) in [6, 6.07) is 12.4. The molecule has 1 saturated heterocycles. The number of rotatable bonds is 3. The van der Waals surface area contributed by atoms with E-state index in [-0.39, 0.29) is 12.1 Å².